The maximum atomic E-state index is 13.0. The fourth-order valence-electron chi connectivity index (χ4n) is 4.86. The highest BCUT2D eigenvalue weighted by Crippen LogP contribution is 2.47. The molecule has 1 saturated heterocycles. The summed E-state index contributed by atoms with van der Waals surface area (Å²) in [6, 6.07) is 11.2. The van der Waals surface area contributed by atoms with Crippen LogP contribution in [0.4, 0.5) is 0 Å². The number of nitrogens with one attached hydrogen (secondary N) is 1. The van der Waals surface area contributed by atoms with Crippen molar-refractivity contribution in [2.45, 2.75) is 44.4 Å². The number of pyridine rings is 1. The van der Waals surface area contributed by atoms with Gasteiger partial charge in [0, 0.05) is 52.9 Å². The van der Waals surface area contributed by atoms with Crippen molar-refractivity contribution >= 4 is 27.5 Å². The fourth-order valence-corrected chi connectivity index (χ4v) is 6.70. The van der Waals surface area contributed by atoms with E-state index < -0.39 is 15.4 Å². The van der Waals surface area contributed by atoms with Crippen LogP contribution in [-0.2, 0) is 15.4 Å². The van der Waals surface area contributed by atoms with Crippen LogP contribution in [0.5, 0.6) is 0 Å². The van der Waals surface area contributed by atoms with Gasteiger partial charge in [0.15, 0.2) is 0 Å². The summed E-state index contributed by atoms with van der Waals surface area (Å²) >= 11 is 6.34. The third kappa shape index (κ3) is 4.11. The molecule has 0 aliphatic carbocycles. The van der Waals surface area contributed by atoms with E-state index >= 15 is 0 Å². The highest BCUT2D eigenvalue weighted by Gasteiger charge is 2.50. The first kappa shape index (κ1) is 22.2. The summed E-state index contributed by atoms with van der Waals surface area (Å²) in [5, 5.41) is 3.61. The van der Waals surface area contributed by atoms with Crippen molar-refractivity contribution in [2.24, 2.45) is 0 Å². The SMILES string of the molecule is CCCCS(=O)(=O)N1CCC2(c3cccc(C)n3)CNC(=O)c3ccc(Cl)cc3C2C1. The highest BCUT2D eigenvalue weighted by atomic mass is 35.5. The lowest BCUT2D eigenvalue weighted by atomic mass is 9.65. The lowest BCUT2D eigenvalue weighted by Crippen LogP contribution is -2.54. The predicted octanol–water partition coefficient (Wildman–Crippen LogP) is 3.64. The number of halogens is 1. The van der Waals surface area contributed by atoms with Crippen LogP contribution in [0.15, 0.2) is 36.4 Å². The number of aromatic nitrogens is 1. The van der Waals surface area contributed by atoms with Gasteiger partial charge in [0.05, 0.1) is 5.75 Å². The van der Waals surface area contributed by atoms with Crippen molar-refractivity contribution in [3.63, 3.8) is 0 Å². The molecule has 6 nitrogen and oxygen atoms in total. The minimum Gasteiger partial charge on any atom is -0.351 e. The number of aryl methyl sites for hydroxylation is 1. The Morgan fingerprint density at radius 1 is 1.29 bits per heavy atom. The Labute approximate surface area is 189 Å². The molecule has 31 heavy (non-hydrogen) atoms. The number of benzene rings is 1. The third-order valence-corrected chi connectivity index (χ3v) is 8.76. The number of hydrogen-bond donors (Lipinski definition) is 1. The molecule has 2 atom stereocenters. The molecule has 8 heteroatoms. The first-order chi connectivity index (χ1) is 14.8. The molecule has 1 aromatic heterocycles. The summed E-state index contributed by atoms with van der Waals surface area (Å²) in [6.45, 7) is 5.05. The average molecular weight is 462 g/mol. The summed E-state index contributed by atoms with van der Waals surface area (Å²) in [7, 11) is -3.38. The highest BCUT2D eigenvalue weighted by molar-refractivity contribution is 7.89. The van der Waals surface area contributed by atoms with Gasteiger partial charge < -0.3 is 5.32 Å². The Bertz CT molecular complexity index is 1100. The maximum Gasteiger partial charge on any atom is 0.251 e. The summed E-state index contributed by atoms with van der Waals surface area (Å²) in [6.07, 6.45) is 2.03. The summed E-state index contributed by atoms with van der Waals surface area (Å²) in [4.78, 5) is 17.7. The number of carbonyl (C=O) groups excluding carboxylic acids is 1. The van der Waals surface area contributed by atoms with Crippen LogP contribution in [0.1, 0.15) is 59.4 Å². The number of rotatable bonds is 5. The lowest BCUT2D eigenvalue weighted by Gasteiger charge is -2.46. The van der Waals surface area contributed by atoms with Gasteiger partial charge in [-0.2, -0.15) is 0 Å². The van der Waals surface area contributed by atoms with Gasteiger partial charge in [0.25, 0.3) is 5.91 Å². The Morgan fingerprint density at radius 3 is 2.84 bits per heavy atom. The Balaban J connectivity index is 1.86. The van der Waals surface area contributed by atoms with Gasteiger partial charge in [-0.25, -0.2) is 12.7 Å². The largest absolute Gasteiger partial charge is 0.351 e. The van der Waals surface area contributed by atoms with Gasteiger partial charge >= 0.3 is 0 Å². The Kier molecular flexibility index (Phi) is 6.12. The maximum absolute atomic E-state index is 13.0. The van der Waals surface area contributed by atoms with Gasteiger partial charge in [0.1, 0.15) is 0 Å². The van der Waals surface area contributed by atoms with E-state index in [4.69, 9.17) is 16.6 Å². The van der Waals surface area contributed by atoms with E-state index in [9.17, 15) is 13.2 Å². The molecule has 0 spiro atoms. The number of unbranched alkanes of at least 4 members (excludes halogenated alkanes) is 1. The van der Waals surface area contributed by atoms with Crippen LogP contribution in [0, 0.1) is 6.92 Å². The average Bonchev–Trinajstić information content (AvgIpc) is 2.87. The monoisotopic (exact) mass is 461 g/mol. The van der Waals surface area contributed by atoms with Crippen molar-refractivity contribution < 1.29 is 13.2 Å². The van der Waals surface area contributed by atoms with Gasteiger partial charge in [-0.15, -0.1) is 0 Å². The normalized spacial score (nSPS) is 24.1. The van der Waals surface area contributed by atoms with Crippen molar-refractivity contribution in [3.05, 3.63) is 63.9 Å². The van der Waals surface area contributed by atoms with Crippen molar-refractivity contribution in [3.8, 4) is 0 Å². The topological polar surface area (TPSA) is 79.4 Å². The second kappa shape index (κ2) is 8.52. The number of fused-ring (bicyclic) bond motifs is 3. The molecule has 3 heterocycles. The van der Waals surface area contributed by atoms with Crippen molar-refractivity contribution in [2.75, 3.05) is 25.4 Å². The standard InChI is InChI=1S/C23H28ClN3O3S/c1-3-4-12-31(29,30)27-11-10-23(21-7-5-6-16(2)26-21)15-25-22(28)18-9-8-17(24)13-19(18)20(23)14-27/h5-9,13,20H,3-4,10-12,14-15H2,1-2H3,(H,25,28). The summed E-state index contributed by atoms with van der Waals surface area (Å²) < 4.78 is 27.7. The van der Waals surface area contributed by atoms with Gasteiger partial charge in [-0.1, -0.05) is 31.0 Å². The quantitative estimate of drug-likeness (QED) is 0.737. The van der Waals surface area contributed by atoms with Gasteiger partial charge in [-0.3, -0.25) is 9.78 Å². The van der Waals surface area contributed by atoms with Crippen LogP contribution in [0.3, 0.4) is 0 Å². The second-order valence-corrected chi connectivity index (χ2v) is 11.1. The number of piperidine rings is 1. The van der Waals surface area contributed by atoms with E-state index in [1.807, 2.05) is 38.1 Å². The van der Waals surface area contributed by atoms with Crippen LogP contribution in [0.25, 0.3) is 0 Å². The molecule has 0 saturated carbocycles. The molecule has 2 aromatic rings. The molecule has 1 amide bonds. The van der Waals surface area contributed by atoms with Crippen LogP contribution < -0.4 is 5.32 Å². The van der Waals surface area contributed by atoms with Crippen molar-refractivity contribution in [1.29, 1.82) is 0 Å². The fraction of sp³-hybridized carbons (Fsp3) is 0.478. The molecule has 1 N–H and O–H groups in total. The molecular weight excluding hydrogens is 434 g/mol. The molecule has 0 radical (unpaired) electrons. The molecule has 1 fully saturated rings. The zero-order valence-electron chi connectivity index (χ0n) is 17.9. The number of carbonyl (C=O) groups is 1. The first-order valence-corrected chi connectivity index (χ1v) is 12.7. The molecule has 0 bridgehead atoms. The first-order valence-electron chi connectivity index (χ1n) is 10.8. The van der Waals surface area contributed by atoms with Crippen LogP contribution in [0.2, 0.25) is 5.02 Å². The number of hydrogen-bond acceptors (Lipinski definition) is 4. The molecular formula is C23H28ClN3O3S. The van der Waals surface area contributed by atoms with Crippen molar-refractivity contribution in [1.82, 2.24) is 14.6 Å². The van der Waals surface area contributed by atoms with E-state index in [2.05, 4.69) is 5.32 Å². The van der Waals surface area contributed by atoms with E-state index in [0.29, 0.717) is 43.1 Å². The summed E-state index contributed by atoms with van der Waals surface area (Å²) in [5.74, 6) is -0.251. The van der Waals surface area contributed by atoms with E-state index in [1.165, 1.54) is 0 Å². The number of amides is 1. The molecule has 1 aromatic carbocycles. The van der Waals surface area contributed by atoms with E-state index in [-0.39, 0.29) is 17.6 Å². The smallest absolute Gasteiger partial charge is 0.251 e. The zero-order chi connectivity index (χ0) is 22.2. The zero-order valence-corrected chi connectivity index (χ0v) is 19.5. The lowest BCUT2D eigenvalue weighted by molar-refractivity contribution is 0.0941. The van der Waals surface area contributed by atoms with Crippen LogP contribution >= 0.6 is 11.6 Å². The minimum absolute atomic E-state index is 0.144. The number of sulfonamides is 1. The second-order valence-electron chi connectivity index (χ2n) is 8.56. The molecule has 2 aliphatic heterocycles. The van der Waals surface area contributed by atoms with E-state index in [0.717, 1.165) is 23.4 Å². The van der Waals surface area contributed by atoms with Gasteiger partial charge in [-0.05, 0) is 55.7 Å². The molecule has 2 unspecified atom stereocenters. The Morgan fingerprint density at radius 2 is 2.10 bits per heavy atom. The van der Waals surface area contributed by atoms with Crippen LogP contribution in [-0.4, -0.2) is 49.0 Å². The molecule has 166 valence electrons. The summed E-state index contributed by atoms with van der Waals surface area (Å²) in [5.41, 5.74) is 2.62. The number of nitrogens with zero attached hydrogens (tertiary/aromatic N) is 2. The van der Waals surface area contributed by atoms with E-state index in [1.54, 1.807) is 16.4 Å². The van der Waals surface area contributed by atoms with Gasteiger partial charge in [0.2, 0.25) is 10.0 Å². The predicted molar refractivity (Wildman–Crippen MR) is 122 cm³/mol. The minimum atomic E-state index is -3.38. The molecule has 4 rings (SSSR count). The Hall–Kier alpha value is -1.96. The third-order valence-electron chi connectivity index (χ3n) is 6.61. The molecule has 2 aliphatic rings.